The van der Waals surface area contributed by atoms with Crippen molar-refractivity contribution in [3.05, 3.63) is 35.6 Å². The monoisotopic (exact) mass is 274 g/mol. The number of fused-ring (bicyclic) bond motifs is 1. The van der Waals surface area contributed by atoms with Gasteiger partial charge in [-0.05, 0) is 29.0 Å². The first-order valence-electron chi connectivity index (χ1n) is 5.79. The average molecular weight is 274 g/mol. The maximum atomic E-state index is 13.7. The molecule has 20 heavy (non-hydrogen) atoms. The van der Waals surface area contributed by atoms with Crippen molar-refractivity contribution in [3.63, 3.8) is 0 Å². The number of benzene rings is 2. The second-order valence-electron chi connectivity index (χ2n) is 4.10. The number of rotatable bonds is 4. The molecule has 102 valence electrons. The minimum absolute atomic E-state index is 0.00958. The van der Waals surface area contributed by atoms with Crippen LogP contribution in [0, 0.1) is 18.2 Å². The highest BCUT2D eigenvalue weighted by molar-refractivity contribution is 6.62. The molecule has 0 aliphatic heterocycles. The van der Waals surface area contributed by atoms with E-state index in [0.29, 0.717) is 11.1 Å². The van der Waals surface area contributed by atoms with Crippen LogP contribution in [0.15, 0.2) is 24.3 Å². The molecule has 2 aromatic rings. The quantitative estimate of drug-likeness (QED) is 0.487. The Labute approximate surface area is 115 Å². The summed E-state index contributed by atoms with van der Waals surface area (Å²) in [5.41, 5.74) is 0.0740. The fraction of sp³-hybridized carbons (Fsp3) is 0.143. The second-order valence-corrected chi connectivity index (χ2v) is 4.10. The van der Waals surface area contributed by atoms with Crippen LogP contribution < -0.4 is 10.2 Å². The Balaban J connectivity index is 2.72. The Morgan fingerprint density at radius 3 is 2.70 bits per heavy atom. The molecule has 2 aromatic carbocycles. The Bertz CT molecular complexity index is 679. The van der Waals surface area contributed by atoms with E-state index in [1.165, 1.54) is 25.3 Å². The molecule has 0 spiro atoms. The van der Waals surface area contributed by atoms with Gasteiger partial charge in [0.15, 0.2) is 6.79 Å². The van der Waals surface area contributed by atoms with E-state index in [-0.39, 0.29) is 23.2 Å². The van der Waals surface area contributed by atoms with Crippen LogP contribution in [0.3, 0.4) is 0 Å². The molecule has 4 nitrogen and oxygen atoms in total. The smallest absolute Gasteiger partial charge is 0.468 e. The topological polar surface area (TPSA) is 58.9 Å². The molecule has 0 atom stereocenters. The van der Waals surface area contributed by atoms with Crippen molar-refractivity contribution in [2.24, 2.45) is 0 Å². The largest absolute Gasteiger partial charge is 0.489 e. The summed E-state index contributed by atoms with van der Waals surface area (Å²) in [5, 5.41) is 19.8. The van der Waals surface area contributed by atoms with E-state index in [1.54, 1.807) is 6.07 Å². The molecule has 0 radical (unpaired) electrons. The number of ether oxygens (including phenoxy) is 2. The van der Waals surface area contributed by atoms with Gasteiger partial charge in [-0.1, -0.05) is 12.0 Å². The van der Waals surface area contributed by atoms with Gasteiger partial charge in [-0.2, -0.15) is 0 Å². The molecule has 0 aromatic heterocycles. The lowest BCUT2D eigenvalue weighted by Gasteiger charge is -2.12. The summed E-state index contributed by atoms with van der Waals surface area (Å²) < 4.78 is 23.8. The van der Waals surface area contributed by atoms with Crippen LogP contribution in [-0.4, -0.2) is 31.1 Å². The Morgan fingerprint density at radius 2 is 2.10 bits per heavy atom. The fourth-order valence-corrected chi connectivity index (χ4v) is 2.00. The van der Waals surface area contributed by atoms with E-state index < -0.39 is 12.9 Å². The van der Waals surface area contributed by atoms with Gasteiger partial charge in [0, 0.05) is 12.5 Å². The highest BCUT2D eigenvalue weighted by atomic mass is 19.1. The maximum Gasteiger partial charge on any atom is 0.489 e. The molecule has 0 amide bonds. The predicted molar refractivity (Wildman–Crippen MR) is 74.2 cm³/mol. The van der Waals surface area contributed by atoms with Crippen molar-refractivity contribution < 1.29 is 23.9 Å². The first-order chi connectivity index (χ1) is 9.58. The van der Waals surface area contributed by atoms with Crippen molar-refractivity contribution in [2.75, 3.05) is 13.9 Å². The van der Waals surface area contributed by atoms with Gasteiger partial charge in [0.1, 0.15) is 11.6 Å². The second kappa shape index (κ2) is 5.93. The Hall–Kier alpha value is -2.07. The summed E-state index contributed by atoms with van der Waals surface area (Å²) in [7, 11) is -0.327. The van der Waals surface area contributed by atoms with Crippen molar-refractivity contribution in [1.29, 1.82) is 0 Å². The standard InChI is InChI=1S/C14H12BFO4/c1-3-11-13(16)5-4-9-6-10(20-8-19-2)7-12(14(9)11)15(17)18/h1,4-7,17-18H,8H2,2H3. The van der Waals surface area contributed by atoms with Crippen LogP contribution in [0.4, 0.5) is 4.39 Å². The lowest BCUT2D eigenvalue weighted by molar-refractivity contribution is 0.0513. The average Bonchev–Trinajstić information content (AvgIpc) is 2.44. The molecule has 0 bridgehead atoms. The van der Waals surface area contributed by atoms with E-state index in [4.69, 9.17) is 15.9 Å². The van der Waals surface area contributed by atoms with Crippen molar-refractivity contribution in [3.8, 4) is 18.1 Å². The first-order valence-corrected chi connectivity index (χ1v) is 5.79. The summed E-state index contributed by atoms with van der Waals surface area (Å²) in [6.45, 7) is 0.00958. The van der Waals surface area contributed by atoms with E-state index in [1.807, 2.05) is 0 Å². The molecule has 0 aliphatic rings. The molecule has 0 fully saturated rings. The summed E-state index contributed by atoms with van der Waals surface area (Å²) >= 11 is 0. The molecular weight excluding hydrogens is 262 g/mol. The van der Waals surface area contributed by atoms with Gasteiger partial charge in [-0.3, -0.25) is 0 Å². The zero-order chi connectivity index (χ0) is 14.7. The molecule has 0 heterocycles. The van der Waals surface area contributed by atoms with E-state index in [0.717, 1.165) is 0 Å². The maximum absolute atomic E-state index is 13.7. The highest BCUT2D eigenvalue weighted by Gasteiger charge is 2.20. The number of hydrogen-bond acceptors (Lipinski definition) is 4. The van der Waals surface area contributed by atoms with Crippen LogP contribution in [0.1, 0.15) is 5.56 Å². The minimum atomic E-state index is -1.79. The highest BCUT2D eigenvalue weighted by Crippen LogP contribution is 2.24. The van der Waals surface area contributed by atoms with Crippen LogP contribution in [0.5, 0.6) is 5.75 Å². The summed E-state index contributed by atoms with van der Waals surface area (Å²) in [5.74, 6) is 2.02. The minimum Gasteiger partial charge on any atom is -0.468 e. The third-order valence-electron chi connectivity index (χ3n) is 2.84. The molecular formula is C14H12BFO4. The predicted octanol–water partition coefficient (Wildman–Crippen LogP) is 0.623. The molecule has 6 heteroatoms. The van der Waals surface area contributed by atoms with E-state index in [2.05, 4.69) is 5.92 Å². The van der Waals surface area contributed by atoms with Crippen LogP contribution in [0.25, 0.3) is 10.8 Å². The zero-order valence-electron chi connectivity index (χ0n) is 10.8. The zero-order valence-corrected chi connectivity index (χ0v) is 10.8. The summed E-state index contributed by atoms with van der Waals surface area (Å²) in [6, 6.07) is 5.75. The molecule has 0 aliphatic carbocycles. The molecule has 0 unspecified atom stereocenters. The summed E-state index contributed by atoms with van der Waals surface area (Å²) in [6.07, 6.45) is 5.30. The number of terminal acetylenes is 1. The SMILES string of the molecule is C#Cc1c(F)ccc2cc(OCOC)cc(B(O)O)c12. The third kappa shape index (κ3) is 2.61. The van der Waals surface area contributed by atoms with Gasteiger partial charge in [0.2, 0.25) is 0 Å². The van der Waals surface area contributed by atoms with Crippen molar-refractivity contribution in [1.82, 2.24) is 0 Å². The van der Waals surface area contributed by atoms with Gasteiger partial charge in [-0.25, -0.2) is 4.39 Å². The van der Waals surface area contributed by atoms with Crippen LogP contribution >= 0.6 is 0 Å². The number of hydrogen-bond donors (Lipinski definition) is 2. The Kier molecular flexibility index (Phi) is 4.25. The lowest BCUT2D eigenvalue weighted by Crippen LogP contribution is -2.31. The first kappa shape index (κ1) is 14.3. The van der Waals surface area contributed by atoms with Gasteiger partial charge in [0.25, 0.3) is 0 Å². The molecule has 2 rings (SSSR count). The van der Waals surface area contributed by atoms with Crippen molar-refractivity contribution >= 4 is 23.4 Å². The Morgan fingerprint density at radius 1 is 1.35 bits per heavy atom. The molecule has 0 saturated heterocycles. The van der Waals surface area contributed by atoms with Crippen LogP contribution in [-0.2, 0) is 4.74 Å². The van der Waals surface area contributed by atoms with Crippen molar-refractivity contribution in [2.45, 2.75) is 0 Å². The fourth-order valence-electron chi connectivity index (χ4n) is 2.00. The molecule has 0 saturated carbocycles. The van der Waals surface area contributed by atoms with E-state index >= 15 is 0 Å². The normalized spacial score (nSPS) is 10.3. The number of methoxy groups -OCH3 is 1. The summed E-state index contributed by atoms with van der Waals surface area (Å²) in [4.78, 5) is 0. The number of halogens is 1. The van der Waals surface area contributed by atoms with Crippen LogP contribution in [0.2, 0.25) is 0 Å². The van der Waals surface area contributed by atoms with Gasteiger partial charge >= 0.3 is 7.12 Å². The lowest BCUT2D eigenvalue weighted by atomic mass is 9.76. The van der Waals surface area contributed by atoms with Gasteiger partial charge in [-0.15, -0.1) is 6.42 Å². The van der Waals surface area contributed by atoms with E-state index in [9.17, 15) is 14.4 Å². The van der Waals surface area contributed by atoms with Gasteiger partial charge in [0.05, 0.1) is 5.56 Å². The third-order valence-corrected chi connectivity index (χ3v) is 2.84. The van der Waals surface area contributed by atoms with Gasteiger partial charge < -0.3 is 19.5 Å². The molecule has 2 N–H and O–H groups in total.